The van der Waals surface area contributed by atoms with Gasteiger partial charge < -0.3 is 19.1 Å². The lowest BCUT2D eigenvalue weighted by molar-refractivity contribution is -0.274. The molecule has 0 saturated carbocycles. The van der Waals surface area contributed by atoms with Gasteiger partial charge in [0, 0.05) is 51.5 Å². The molecule has 0 spiro atoms. The summed E-state index contributed by atoms with van der Waals surface area (Å²) in [6, 6.07) is 4.65. The lowest BCUT2D eigenvalue weighted by Crippen LogP contribution is -2.51. The SMILES string of the molecule is CC(=O)N(CCc1noc(C)n1)C1CCCN(C(=O)c2ccc(OC(F)(F)F)cc2)C1. The summed E-state index contributed by atoms with van der Waals surface area (Å²) in [6.45, 7) is 4.40. The van der Waals surface area contributed by atoms with Crippen LogP contribution >= 0.6 is 0 Å². The second-order valence-electron chi connectivity index (χ2n) is 7.31. The summed E-state index contributed by atoms with van der Waals surface area (Å²) >= 11 is 0. The Morgan fingerprint density at radius 3 is 2.58 bits per heavy atom. The second-order valence-corrected chi connectivity index (χ2v) is 7.31. The first-order valence-electron chi connectivity index (χ1n) is 9.84. The maximum atomic E-state index is 12.8. The van der Waals surface area contributed by atoms with Crippen molar-refractivity contribution in [1.29, 1.82) is 0 Å². The van der Waals surface area contributed by atoms with Gasteiger partial charge in [-0.05, 0) is 37.1 Å². The third-order valence-electron chi connectivity index (χ3n) is 5.01. The van der Waals surface area contributed by atoms with Crippen molar-refractivity contribution in [3.05, 3.63) is 41.5 Å². The maximum absolute atomic E-state index is 12.8. The third-order valence-corrected chi connectivity index (χ3v) is 5.01. The number of alkyl halides is 3. The molecule has 1 saturated heterocycles. The zero-order chi connectivity index (χ0) is 22.6. The minimum absolute atomic E-state index is 0.117. The molecule has 2 aromatic rings. The average Bonchev–Trinajstić information content (AvgIpc) is 3.12. The molecule has 168 valence electrons. The zero-order valence-corrected chi connectivity index (χ0v) is 17.2. The molecule has 0 bridgehead atoms. The molecule has 8 nitrogen and oxygen atoms in total. The fourth-order valence-electron chi connectivity index (χ4n) is 3.64. The first-order chi connectivity index (χ1) is 14.6. The molecular weight excluding hydrogens is 417 g/mol. The molecule has 11 heteroatoms. The van der Waals surface area contributed by atoms with Gasteiger partial charge in [0.15, 0.2) is 5.82 Å². The van der Waals surface area contributed by atoms with Gasteiger partial charge in [-0.15, -0.1) is 13.2 Å². The normalized spacial score (nSPS) is 16.8. The lowest BCUT2D eigenvalue weighted by Gasteiger charge is -2.39. The van der Waals surface area contributed by atoms with Gasteiger partial charge in [0.2, 0.25) is 11.8 Å². The minimum Gasteiger partial charge on any atom is -0.406 e. The Hall–Kier alpha value is -3.11. The quantitative estimate of drug-likeness (QED) is 0.686. The van der Waals surface area contributed by atoms with E-state index in [1.54, 1.807) is 16.7 Å². The number of ether oxygens (including phenoxy) is 1. The summed E-state index contributed by atoms with van der Waals surface area (Å²) in [6.07, 6.45) is -2.91. The number of carbonyl (C=O) groups is 2. The van der Waals surface area contributed by atoms with Crippen molar-refractivity contribution in [1.82, 2.24) is 19.9 Å². The molecule has 0 radical (unpaired) electrons. The van der Waals surface area contributed by atoms with Gasteiger partial charge >= 0.3 is 6.36 Å². The summed E-state index contributed by atoms with van der Waals surface area (Å²) in [7, 11) is 0. The number of benzene rings is 1. The number of rotatable bonds is 6. The number of aromatic nitrogens is 2. The number of likely N-dealkylation sites (tertiary alicyclic amines) is 1. The van der Waals surface area contributed by atoms with Crippen LogP contribution in [0.5, 0.6) is 5.75 Å². The highest BCUT2D eigenvalue weighted by Crippen LogP contribution is 2.24. The number of hydrogen-bond donors (Lipinski definition) is 0. The highest BCUT2D eigenvalue weighted by Gasteiger charge is 2.32. The molecule has 2 amide bonds. The van der Waals surface area contributed by atoms with Crippen LogP contribution in [-0.4, -0.2) is 63.8 Å². The van der Waals surface area contributed by atoms with E-state index in [1.165, 1.54) is 19.1 Å². The predicted molar refractivity (Wildman–Crippen MR) is 102 cm³/mol. The van der Waals surface area contributed by atoms with E-state index in [9.17, 15) is 22.8 Å². The van der Waals surface area contributed by atoms with Crippen LogP contribution < -0.4 is 4.74 Å². The molecule has 31 heavy (non-hydrogen) atoms. The van der Waals surface area contributed by atoms with Crippen LogP contribution in [0.3, 0.4) is 0 Å². The summed E-state index contributed by atoms with van der Waals surface area (Å²) < 4.78 is 45.7. The van der Waals surface area contributed by atoms with Gasteiger partial charge in [0.05, 0.1) is 0 Å². The largest absolute Gasteiger partial charge is 0.573 e. The van der Waals surface area contributed by atoms with Gasteiger partial charge in [-0.2, -0.15) is 4.98 Å². The average molecular weight is 440 g/mol. The van der Waals surface area contributed by atoms with Gasteiger partial charge in [-0.25, -0.2) is 0 Å². The van der Waals surface area contributed by atoms with E-state index in [1.807, 2.05) is 0 Å². The number of carbonyl (C=O) groups excluding carboxylic acids is 2. The Bertz CT molecular complexity index is 914. The Balaban J connectivity index is 1.63. The molecule has 1 aliphatic rings. The maximum Gasteiger partial charge on any atom is 0.573 e. The minimum atomic E-state index is -4.79. The van der Waals surface area contributed by atoms with E-state index in [4.69, 9.17) is 4.52 Å². The first-order valence-corrected chi connectivity index (χ1v) is 9.84. The van der Waals surface area contributed by atoms with Gasteiger partial charge in [-0.3, -0.25) is 9.59 Å². The van der Waals surface area contributed by atoms with Crippen molar-refractivity contribution >= 4 is 11.8 Å². The van der Waals surface area contributed by atoms with Crippen molar-refractivity contribution < 1.29 is 32.0 Å². The van der Waals surface area contributed by atoms with Crippen molar-refractivity contribution in [3.63, 3.8) is 0 Å². The highest BCUT2D eigenvalue weighted by molar-refractivity contribution is 5.94. The van der Waals surface area contributed by atoms with Crippen LogP contribution in [0.2, 0.25) is 0 Å². The summed E-state index contributed by atoms with van der Waals surface area (Å²) in [5, 5.41) is 3.84. The van der Waals surface area contributed by atoms with Crippen LogP contribution in [0.15, 0.2) is 28.8 Å². The molecule has 1 atom stereocenters. The van der Waals surface area contributed by atoms with Crippen LogP contribution in [0, 0.1) is 6.92 Å². The van der Waals surface area contributed by atoms with E-state index < -0.39 is 6.36 Å². The monoisotopic (exact) mass is 440 g/mol. The molecule has 3 rings (SSSR count). The van der Waals surface area contributed by atoms with Crippen molar-refractivity contribution in [2.45, 2.75) is 45.5 Å². The highest BCUT2D eigenvalue weighted by atomic mass is 19.4. The molecule has 1 fully saturated rings. The summed E-state index contributed by atoms with van der Waals surface area (Å²) in [5.74, 6) is 0.146. The van der Waals surface area contributed by atoms with Crippen LogP contribution in [0.25, 0.3) is 0 Å². The number of amides is 2. The van der Waals surface area contributed by atoms with Gasteiger partial charge in [-0.1, -0.05) is 5.16 Å². The fourth-order valence-corrected chi connectivity index (χ4v) is 3.64. The van der Waals surface area contributed by atoms with E-state index in [2.05, 4.69) is 14.9 Å². The van der Waals surface area contributed by atoms with Crippen molar-refractivity contribution in [2.24, 2.45) is 0 Å². The van der Waals surface area contributed by atoms with Crippen LogP contribution in [0.1, 0.15) is 41.8 Å². The van der Waals surface area contributed by atoms with Crippen molar-refractivity contribution in [2.75, 3.05) is 19.6 Å². The second kappa shape index (κ2) is 9.36. The topological polar surface area (TPSA) is 88.8 Å². The summed E-state index contributed by atoms with van der Waals surface area (Å²) in [4.78, 5) is 32.5. The Morgan fingerprint density at radius 2 is 2.00 bits per heavy atom. The molecule has 1 aromatic carbocycles. The predicted octanol–water partition coefficient (Wildman–Crippen LogP) is 2.97. The molecule has 1 aliphatic heterocycles. The van der Waals surface area contributed by atoms with E-state index in [-0.39, 0.29) is 29.2 Å². The van der Waals surface area contributed by atoms with E-state index >= 15 is 0 Å². The number of hydrogen-bond acceptors (Lipinski definition) is 6. The van der Waals surface area contributed by atoms with Crippen LogP contribution in [-0.2, 0) is 11.2 Å². The zero-order valence-electron chi connectivity index (χ0n) is 17.2. The van der Waals surface area contributed by atoms with E-state index in [0.29, 0.717) is 44.2 Å². The lowest BCUT2D eigenvalue weighted by atomic mass is 10.0. The number of nitrogens with zero attached hydrogens (tertiary/aromatic N) is 4. The molecule has 0 N–H and O–H groups in total. The number of aryl methyl sites for hydroxylation is 1. The van der Waals surface area contributed by atoms with Gasteiger partial charge in [0.25, 0.3) is 5.91 Å². The molecular formula is C20H23F3N4O4. The first kappa shape index (κ1) is 22.6. The van der Waals surface area contributed by atoms with Crippen LogP contribution in [0.4, 0.5) is 13.2 Å². The smallest absolute Gasteiger partial charge is 0.406 e. The number of halogens is 3. The Morgan fingerprint density at radius 1 is 1.29 bits per heavy atom. The fraction of sp³-hybridized carbons (Fsp3) is 0.500. The van der Waals surface area contributed by atoms with Crippen molar-refractivity contribution in [3.8, 4) is 5.75 Å². The number of piperidine rings is 1. The summed E-state index contributed by atoms with van der Waals surface area (Å²) in [5.41, 5.74) is 0.256. The molecule has 1 aromatic heterocycles. The Labute approximate surface area is 176 Å². The Kier molecular flexibility index (Phi) is 6.81. The molecule has 0 aliphatic carbocycles. The standard InChI is InChI=1S/C20H23F3N4O4/c1-13-24-18(25-31-13)9-11-27(14(2)28)16-4-3-10-26(12-16)19(29)15-5-7-17(8-6-15)30-20(21,22)23/h5-8,16H,3-4,9-12H2,1-2H3. The van der Waals surface area contributed by atoms with Gasteiger partial charge in [0.1, 0.15) is 5.75 Å². The molecule has 2 heterocycles. The van der Waals surface area contributed by atoms with E-state index in [0.717, 1.165) is 18.6 Å². The molecule has 1 unspecified atom stereocenters. The third kappa shape index (κ3) is 6.19.